The fourth-order valence-electron chi connectivity index (χ4n) is 2.81. The van der Waals surface area contributed by atoms with Gasteiger partial charge in [-0.3, -0.25) is 0 Å². The minimum atomic E-state index is -3.51. The Bertz CT molecular complexity index is 1070. The van der Waals surface area contributed by atoms with Crippen LogP contribution in [-0.4, -0.2) is 14.7 Å². The zero-order valence-electron chi connectivity index (χ0n) is 10.2. The van der Waals surface area contributed by atoms with Crippen LogP contribution in [0.3, 0.4) is 0 Å². The highest BCUT2D eigenvalue weighted by Gasteiger charge is 2.15. The Hall–Kier alpha value is -2.07. The Morgan fingerprint density at radius 3 is 2.21 bits per heavy atom. The largest absolute Gasteiger partial charge is 0.382 e. The van der Waals surface area contributed by atoms with Crippen molar-refractivity contribution >= 4 is 44.9 Å². The van der Waals surface area contributed by atoms with E-state index in [9.17, 15) is 8.42 Å². The molecule has 0 amide bonds. The summed E-state index contributed by atoms with van der Waals surface area (Å²) in [5, 5.41) is 6.47. The molecule has 0 saturated heterocycles. The van der Waals surface area contributed by atoms with Crippen molar-refractivity contribution in [3.63, 3.8) is 0 Å². The molecule has 0 saturated carbocycles. The molecule has 3 nitrogen and oxygen atoms in total. The van der Waals surface area contributed by atoms with Crippen LogP contribution in [0.25, 0.3) is 34.8 Å². The standard InChI is InChI=1S/C15H10O3S/c1-19(16,17)18-13-8-11-5-4-9-2-3-10-6-7-12(13)15(11)14(9)10/h2-8H,1H3. The van der Waals surface area contributed by atoms with Gasteiger partial charge in [-0.1, -0.05) is 30.4 Å². The first-order valence-corrected chi connectivity index (χ1v) is 7.74. The lowest BCUT2D eigenvalue weighted by Crippen LogP contribution is -2.20. The number of hydrogen-bond acceptors (Lipinski definition) is 3. The van der Waals surface area contributed by atoms with Crippen molar-refractivity contribution in [2.24, 2.45) is 0 Å². The molecule has 0 spiro atoms. The second-order valence-corrected chi connectivity index (χ2v) is 6.40. The van der Waals surface area contributed by atoms with Gasteiger partial charge >= 0.3 is 10.1 Å². The SMILES string of the molecule is CS(=O)(=O)OC1=c2ccc3c4c(ccc(c24)=C1)=CC=3. The zero-order chi connectivity index (χ0) is 13.2. The molecule has 2 aliphatic carbocycles. The van der Waals surface area contributed by atoms with Crippen molar-refractivity contribution in [1.82, 2.24) is 0 Å². The Morgan fingerprint density at radius 2 is 1.53 bits per heavy atom. The summed E-state index contributed by atoms with van der Waals surface area (Å²) in [5.41, 5.74) is 0. The lowest BCUT2D eigenvalue weighted by Gasteiger charge is -2.01. The highest BCUT2D eigenvalue weighted by atomic mass is 32.2. The summed E-state index contributed by atoms with van der Waals surface area (Å²) < 4.78 is 27.7. The Kier molecular flexibility index (Phi) is 1.86. The maximum absolute atomic E-state index is 11.3. The van der Waals surface area contributed by atoms with E-state index in [4.69, 9.17) is 4.18 Å². The summed E-state index contributed by atoms with van der Waals surface area (Å²) in [6.07, 6.45) is 7.01. The van der Waals surface area contributed by atoms with E-state index < -0.39 is 10.1 Å². The molecule has 0 bridgehead atoms. The first kappa shape index (κ1) is 10.8. The van der Waals surface area contributed by atoms with Crippen molar-refractivity contribution < 1.29 is 12.6 Å². The highest BCUT2D eigenvalue weighted by Crippen LogP contribution is 2.11. The Morgan fingerprint density at radius 1 is 0.895 bits per heavy atom. The van der Waals surface area contributed by atoms with Crippen LogP contribution < -0.4 is 20.9 Å². The third-order valence-corrected chi connectivity index (χ3v) is 3.98. The lowest BCUT2D eigenvalue weighted by atomic mass is 10.1. The molecule has 19 heavy (non-hydrogen) atoms. The van der Waals surface area contributed by atoms with Gasteiger partial charge in [0.15, 0.2) is 5.76 Å². The van der Waals surface area contributed by atoms with Crippen LogP contribution in [0.5, 0.6) is 0 Å². The maximum Gasteiger partial charge on any atom is 0.306 e. The van der Waals surface area contributed by atoms with Crippen molar-refractivity contribution in [3.8, 4) is 0 Å². The quantitative estimate of drug-likeness (QED) is 0.677. The summed E-state index contributed by atoms with van der Waals surface area (Å²) in [5.74, 6) is 0.410. The van der Waals surface area contributed by atoms with E-state index in [1.165, 1.54) is 15.8 Å². The molecule has 94 valence electrons. The first-order chi connectivity index (χ1) is 9.03. The molecule has 0 heterocycles. The highest BCUT2D eigenvalue weighted by molar-refractivity contribution is 7.86. The van der Waals surface area contributed by atoms with Crippen LogP contribution in [0.2, 0.25) is 0 Å². The van der Waals surface area contributed by atoms with Gasteiger partial charge in [-0.05, 0) is 33.2 Å². The fourth-order valence-corrected chi connectivity index (χ4v) is 3.27. The number of benzene rings is 2. The second kappa shape index (κ2) is 3.27. The van der Waals surface area contributed by atoms with Crippen molar-refractivity contribution in [2.75, 3.05) is 6.26 Å². The molecule has 0 unspecified atom stereocenters. The summed E-state index contributed by atoms with van der Waals surface area (Å²) in [6.45, 7) is 0. The predicted octanol–water partition coefficient (Wildman–Crippen LogP) is -0.707. The molecule has 4 heteroatoms. The zero-order valence-corrected chi connectivity index (χ0v) is 11.0. The Labute approximate surface area is 109 Å². The summed E-state index contributed by atoms with van der Waals surface area (Å²) >= 11 is 0. The average molecular weight is 270 g/mol. The molecular weight excluding hydrogens is 260 g/mol. The van der Waals surface area contributed by atoms with Gasteiger partial charge in [0.2, 0.25) is 0 Å². The van der Waals surface area contributed by atoms with E-state index in [0.717, 1.165) is 22.1 Å². The molecule has 0 aliphatic heterocycles. The van der Waals surface area contributed by atoms with Crippen LogP contribution in [0.4, 0.5) is 0 Å². The molecule has 2 aromatic rings. The van der Waals surface area contributed by atoms with Crippen LogP contribution in [0, 0.1) is 0 Å². The van der Waals surface area contributed by atoms with Crippen molar-refractivity contribution in [3.05, 3.63) is 45.1 Å². The van der Waals surface area contributed by atoms with E-state index in [-0.39, 0.29) is 0 Å². The van der Waals surface area contributed by atoms with Gasteiger partial charge in [0.25, 0.3) is 0 Å². The topological polar surface area (TPSA) is 43.4 Å². The smallest absolute Gasteiger partial charge is 0.306 e. The van der Waals surface area contributed by atoms with Gasteiger partial charge in [0, 0.05) is 10.6 Å². The lowest BCUT2D eigenvalue weighted by molar-refractivity contribution is 0.474. The third kappa shape index (κ3) is 1.47. The van der Waals surface area contributed by atoms with Gasteiger partial charge in [0.1, 0.15) is 0 Å². The van der Waals surface area contributed by atoms with E-state index >= 15 is 0 Å². The van der Waals surface area contributed by atoms with Gasteiger partial charge in [0.05, 0.1) is 6.26 Å². The van der Waals surface area contributed by atoms with Crippen molar-refractivity contribution in [2.45, 2.75) is 0 Å². The molecule has 0 N–H and O–H groups in total. The molecule has 0 fully saturated rings. The molecular formula is C15H10O3S. The second-order valence-electron chi connectivity index (χ2n) is 4.83. The van der Waals surface area contributed by atoms with E-state index in [1.54, 1.807) is 6.08 Å². The number of rotatable bonds is 2. The van der Waals surface area contributed by atoms with Gasteiger partial charge in [-0.2, -0.15) is 8.42 Å². The first-order valence-electron chi connectivity index (χ1n) is 5.92. The molecule has 2 aliphatic rings. The maximum atomic E-state index is 11.3. The third-order valence-electron chi connectivity index (χ3n) is 3.49. The van der Waals surface area contributed by atoms with Crippen LogP contribution >= 0.6 is 0 Å². The molecule has 4 rings (SSSR count). The molecule has 0 atom stereocenters. The minimum absolute atomic E-state index is 0.410. The normalized spacial score (nSPS) is 15.1. The van der Waals surface area contributed by atoms with E-state index in [1.807, 2.05) is 24.3 Å². The van der Waals surface area contributed by atoms with E-state index in [0.29, 0.717) is 5.76 Å². The average Bonchev–Trinajstić information content (AvgIpc) is 2.87. The monoisotopic (exact) mass is 270 g/mol. The van der Waals surface area contributed by atoms with Gasteiger partial charge < -0.3 is 4.18 Å². The summed E-state index contributed by atoms with van der Waals surface area (Å²) in [7, 11) is -3.51. The van der Waals surface area contributed by atoms with Crippen LogP contribution in [-0.2, 0) is 14.3 Å². The van der Waals surface area contributed by atoms with Gasteiger partial charge in [-0.15, -0.1) is 0 Å². The van der Waals surface area contributed by atoms with Crippen LogP contribution in [0.1, 0.15) is 0 Å². The molecule has 2 aromatic carbocycles. The molecule has 0 aromatic heterocycles. The summed E-state index contributed by atoms with van der Waals surface area (Å²) in [4.78, 5) is 0. The van der Waals surface area contributed by atoms with Gasteiger partial charge in [-0.25, -0.2) is 0 Å². The summed E-state index contributed by atoms with van der Waals surface area (Å²) in [6, 6.07) is 7.97. The molecule has 0 radical (unpaired) electrons. The number of hydrogen-bond donors (Lipinski definition) is 0. The minimum Gasteiger partial charge on any atom is -0.382 e. The Balaban J connectivity index is 2.22. The van der Waals surface area contributed by atoms with Crippen molar-refractivity contribution in [1.29, 1.82) is 0 Å². The predicted molar refractivity (Wildman–Crippen MR) is 75.2 cm³/mol. The fraction of sp³-hybridized carbons (Fsp3) is 0.0667. The van der Waals surface area contributed by atoms with Crippen LogP contribution in [0.15, 0.2) is 24.3 Å². The van der Waals surface area contributed by atoms with E-state index in [2.05, 4.69) is 12.2 Å².